The van der Waals surface area contributed by atoms with E-state index in [-0.39, 0.29) is 0 Å². The monoisotopic (exact) mass is 657 g/mol. The van der Waals surface area contributed by atoms with E-state index in [2.05, 4.69) is 115 Å². The van der Waals surface area contributed by atoms with Crippen LogP contribution in [0.4, 0.5) is 0 Å². The number of thiophene rings is 1. The molecule has 0 saturated heterocycles. The van der Waals surface area contributed by atoms with Gasteiger partial charge in [0, 0.05) is 53.2 Å². The second kappa shape index (κ2) is 11.6. The van der Waals surface area contributed by atoms with Gasteiger partial charge in [0.15, 0.2) is 17.5 Å². The number of benzene rings is 7. The van der Waals surface area contributed by atoms with Crippen LogP contribution >= 0.6 is 11.3 Å². The molecule has 0 aliphatic rings. The lowest BCUT2D eigenvalue weighted by Gasteiger charge is -2.11. The zero-order valence-corrected chi connectivity index (χ0v) is 27.6. The first-order valence-corrected chi connectivity index (χ1v) is 17.4. The Hall–Kier alpha value is -6.43. The van der Waals surface area contributed by atoms with Crippen LogP contribution in [0.1, 0.15) is 0 Å². The third kappa shape index (κ3) is 4.79. The van der Waals surface area contributed by atoms with Gasteiger partial charge in [-0.1, -0.05) is 127 Å². The van der Waals surface area contributed by atoms with Crippen LogP contribution in [0.2, 0.25) is 0 Å². The molecule has 0 amide bonds. The third-order valence-corrected chi connectivity index (χ3v) is 10.5. The molecule has 10 rings (SSSR count). The summed E-state index contributed by atoms with van der Waals surface area (Å²) in [4.78, 5) is 15.3. The van der Waals surface area contributed by atoms with Gasteiger partial charge in [-0.15, -0.1) is 11.3 Å². The van der Waals surface area contributed by atoms with Crippen LogP contribution < -0.4 is 0 Å². The van der Waals surface area contributed by atoms with Gasteiger partial charge >= 0.3 is 0 Å². The highest BCUT2D eigenvalue weighted by molar-refractivity contribution is 7.25. The lowest BCUT2D eigenvalue weighted by Crippen LogP contribution is -2.00. The van der Waals surface area contributed by atoms with Crippen molar-refractivity contribution < 1.29 is 4.42 Å². The minimum Gasteiger partial charge on any atom is -0.455 e. The van der Waals surface area contributed by atoms with Crippen molar-refractivity contribution in [3.05, 3.63) is 164 Å². The highest BCUT2D eigenvalue weighted by Crippen LogP contribution is 2.43. The highest BCUT2D eigenvalue weighted by atomic mass is 32.1. The molecule has 0 bridgehead atoms. The van der Waals surface area contributed by atoms with Gasteiger partial charge in [0.25, 0.3) is 0 Å². The fraction of sp³-hybridized carbons (Fsp3) is 0. The fourth-order valence-corrected chi connectivity index (χ4v) is 8.09. The summed E-state index contributed by atoms with van der Waals surface area (Å²) in [5, 5.41) is 4.58. The minimum atomic E-state index is 0.599. The maximum Gasteiger partial charge on any atom is 0.164 e. The van der Waals surface area contributed by atoms with Gasteiger partial charge in [-0.3, -0.25) is 0 Å². The number of aromatic nitrogens is 3. The molecule has 0 spiro atoms. The molecule has 0 N–H and O–H groups in total. The summed E-state index contributed by atoms with van der Waals surface area (Å²) in [6.45, 7) is 0. The lowest BCUT2D eigenvalue weighted by molar-refractivity contribution is 0.670. The molecule has 0 fully saturated rings. The predicted octanol–water partition coefficient (Wildman–Crippen LogP) is 12.5. The molecular formula is C45H27N3OS. The molecule has 4 nitrogen and oxygen atoms in total. The van der Waals surface area contributed by atoms with Gasteiger partial charge in [0.1, 0.15) is 11.2 Å². The van der Waals surface area contributed by atoms with Gasteiger partial charge in [-0.2, -0.15) is 0 Å². The summed E-state index contributed by atoms with van der Waals surface area (Å²) < 4.78 is 9.24. The van der Waals surface area contributed by atoms with Gasteiger partial charge in [-0.25, -0.2) is 15.0 Å². The Labute approximate surface area is 292 Å². The zero-order chi connectivity index (χ0) is 33.0. The van der Waals surface area contributed by atoms with Crippen LogP contribution in [0, 0.1) is 0 Å². The largest absolute Gasteiger partial charge is 0.455 e. The van der Waals surface area contributed by atoms with E-state index in [0.29, 0.717) is 17.5 Å². The number of rotatable bonds is 5. The summed E-state index contributed by atoms with van der Waals surface area (Å²) in [6.07, 6.45) is 0. The van der Waals surface area contributed by atoms with E-state index < -0.39 is 0 Å². The second-order valence-corrected chi connectivity index (χ2v) is 13.5. The van der Waals surface area contributed by atoms with E-state index >= 15 is 0 Å². The van der Waals surface area contributed by atoms with E-state index in [9.17, 15) is 0 Å². The second-order valence-electron chi connectivity index (χ2n) is 12.4. The Morgan fingerprint density at radius 1 is 0.380 bits per heavy atom. The summed E-state index contributed by atoms with van der Waals surface area (Å²) >= 11 is 1.82. The Balaban J connectivity index is 1.20. The fourth-order valence-electron chi connectivity index (χ4n) is 6.95. The average Bonchev–Trinajstić information content (AvgIpc) is 3.77. The topological polar surface area (TPSA) is 51.8 Å². The van der Waals surface area contributed by atoms with Crippen molar-refractivity contribution >= 4 is 53.4 Å². The molecule has 50 heavy (non-hydrogen) atoms. The SMILES string of the molecule is c1ccc(-c2cccc(-c3nc(-c4ccccc4)nc(-c4ccc(-c5ccc6c(c5)sc5ccccc56)c5oc6ccccc6c45)n3)c2)cc1. The van der Waals surface area contributed by atoms with Crippen molar-refractivity contribution in [3.63, 3.8) is 0 Å². The minimum absolute atomic E-state index is 0.599. The summed E-state index contributed by atoms with van der Waals surface area (Å²) in [5.41, 5.74) is 8.79. The molecule has 7 aromatic carbocycles. The summed E-state index contributed by atoms with van der Waals surface area (Å²) in [5.74, 6) is 1.84. The molecule has 0 unspecified atom stereocenters. The molecule has 0 atom stereocenters. The van der Waals surface area contributed by atoms with Crippen LogP contribution in [-0.2, 0) is 0 Å². The first kappa shape index (κ1) is 28.6. The number of furan rings is 1. The zero-order valence-electron chi connectivity index (χ0n) is 26.7. The average molecular weight is 658 g/mol. The van der Waals surface area contributed by atoms with E-state index in [4.69, 9.17) is 19.4 Å². The Morgan fingerprint density at radius 2 is 1.00 bits per heavy atom. The molecule has 0 aliphatic carbocycles. The smallest absolute Gasteiger partial charge is 0.164 e. The highest BCUT2D eigenvalue weighted by Gasteiger charge is 2.21. The Bertz CT molecular complexity index is 2870. The normalized spacial score (nSPS) is 11.6. The predicted molar refractivity (Wildman–Crippen MR) is 207 cm³/mol. The quantitative estimate of drug-likeness (QED) is 0.185. The molecule has 0 radical (unpaired) electrons. The van der Waals surface area contributed by atoms with Crippen molar-refractivity contribution in [1.29, 1.82) is 0 Å². The maximum atomic E-state index is 6.70. The number of hydrogen-bond donors (Lipinski definition) is 0. The van der Waals surface area contributed by atoms with E-state index in [0.717, 1.165) is 60.9 Å². The molecule has 3 aromatic heterocycles. The summed E-state index contributed by atoms with van der Waals surface area (Å²) in [6, 6.07) is 56.7. The van der Waals surface area contributed by atoms with Crippen molar-refractivity contribution in [3.8, 4) is 56.4 Å². The van der Waals surface area contributed by atoms with Gasteiger partial charge in [-0.05, 0) is 53.1 Å². The van der Waals surface area contributed by atoms with E-state index in [1.165, 1.54) is 20.2 Å². The summed E-state index contributed by atoms with van der Waals surface area (Å²) in [7, 11) is 0. The standard InChI is InChI=1S/C45H27N3OS/c1-3-12-28(13-4-1)30-16-11-17-32(26-30)44-46-43(29-14-5-2-6-15-29)47-45(48-44)37-25-24-33(42-41(37)36-19-7-9-20-38(36)49-42)31-22-23-35-34-18-8-10-21-39(34)50-40(35)27-31/h1-27H. The van der Waals surface area contributed by atoms with Crippen molar-refractivity contribution in [1.82, 2.24) is 15.0 Å². The van der Waals surface area contributed by atoms with Crippen LogP contribution in [0.25, 0.3) is 98.5 Å². The van der Waals surface area contributed by atoms with Crippen LogP contribution in [0.5, 0.6) is 0 Å². The van der Waals surface area contributed by atoms with Crippen LogP contribution in [-0.4, -0.2) is 15.0 Å². The first-order valence-electron chi connectivity index (χ1n) is 16.6. The van der Waals surface area contributed by atoms with Crippen LogP contribution in [0.3, 0.4) is 0 Å². The van der Waals surface area contributed by atoms with Gasteiger partial charge in [0.2, 0.25) is 0 Å². The number of nitrogens with zero attached hydrogens (tertiary/aromatic N) is 3. The molecule has 3 heterocycles. The molecule has 234 valence electrons. The van der Waals surface area contributed by atoms with E-state index in [1.54, 1.807) is 0 Å². The third-order valence-electron chi connectivity index (χ3n) is 9.35. The van der Waals surface area contributed by atoms with Crippen molar-refractivity contribution in [2.24, 2.45) is 0 Å². The maximum absolute atomic E-state index is 6.70. The van der Waals surface area contributed by atoms with E-state index in [1.807, 2.05) is 59.9 Å². The Morgan fingerprint density at radius 3 is 1.84 bits per heavy atom. The number of hydrogen-bond acceptors (Lipinski definition) is 5. The lowest BCUT2D eigenvalue weighted by atomic mass is 9.97. The van der Waals surface area contributed by atoms with Gasteiger partial charge in [0.05, 0.1) is 0 Å². The molecular weight excluding hydrogens is 631 g/mol. The van der Waals surface area contributed by atoms with Gasteiger partial charge < -0.3 is 4.42 Å². The van der Waals surface area contributed by atoms with Crippen molar-refractivity contribution in [2.75, 3.05) is 0 Å². The van der Waals surface area contributed by atoms with Crippen molar-refractivity contribution in [2.45, 2.75) is 0 Å². The molecule has 0 saturated carbocycles. The molecule has 5 heteroatoms. The first-order chi connectivity index (χ1) is 24.8. The number of para-hydroxylation sites is 1. The van der Waals surface area contributed by atoms with Crippen LogP contribution in [0.15, 0.2) is 168 Å². The Kier molecular flexibility index (Phi) is 6.64. The molecule has 0 aliphatic heterocycles. The molecule has 10 aromatic rings. The number of fused-ring (bicyclic) bond motifs is 6.